The maximum atomic E-state index is 11.7. The molecule has 20 heavy (non-hydrogen) atoms. The Morgan fingerprint density at radius 1 is 1.10 bits per heavy atom. The Bertz CT molecular complexity index is 435. The summed E-state index contributed by atoms with van der Waals surface area (Å²) in [5, 5.41) is 48.7. The summed E-state index contributed by atoms with van der Waals surface area (Å²) in [5.41, 5.74) is 1.41. The molecule has 0 heterocycles. The van der Waals surface area contributed by atoms with Crippen LogP contribution in [0, 0.1) is 6.92 Å². The van der Waals surface area contributed by atoms with E-state index in [-0.39, 0.29) is 0 Å². The van der Waals surface area contributed by atoms with Crippen molar-refractivity contribution in [2.75, 3.05) is 11.9 Å². The molecule has 0 spiro atoms. The molecule has 0 bridgehead atoms. The van der Waals surface area contributed by atoms with E-state index in [1.165, 1.54) is 0 Å². The van der Waals surface area contributed by atoms with E-state index >= 15 is 0 Å². The molecule has 1 aromatic carbocycles. The van der Waals surface area contributed by atoms with Gasteiger partial charge in [0.2, 0.25) is 0 Å². The Kier molecular flexibility index (Phi) is 6.05. The summed E-state index contributed by atoms with van der Waals surface area (Å²) >= 11 is 0. The normalized spacial score (nSPS) is 17.1. The molecule has 0 unspecified atom stereocenters. The quantitative estimate of drug-likeness (QED) is 0.372. The maximum absolute atomic E-state index is 11.7. The molecule has 0 radical (unpaired) electrons. The van der Waals surface area contributed by atoms with Crippen LogP contribution >= 0.6 is 0 Å². The number of aliphatic hydroxyl groups is 5. The van der Waals surface area contributed by atoms with E-state index in [1.807, 2.05) is 6.92 Å². The highest BCUT2D eigenvalue weighted by Crippen LogP contribution is 2.11. The third-order valence-electron chi connectivity index (χ3n) is 2.84. The molecule has 0 fully saturated rings. The van der Waals surface area contributed by atoms with Crippen LogP contribution in [-0.4, -0.2) is 62.5 Å². The topological polar surface area (TPSA) is 130 Å². The minimum absolute atomic E-state index is 0.420. The molecule has 112 valence electrons. The Labute approximate surface area is 116 Å². The number of rotatable bonds is 6. The largest absolute Gasteiger partial charge is 0.394 e. The van der Waals surface area contributed by atoms with Crippen LogP contribution in [0.15, 0.2) is 24.3 Å². The van der Waals surface area contributed by atoms with Gasteiger partial charge in [0.05, 0.1) is 6.61 Å². The standard InChI is InChI=1S/C13H19NO6/c1-7-2-4-8(5-3-7)14-13(20)12(19)11(18)10(17)9(16)6-15/h2-5,9-12,15-19H,6H2,1H3,(H,14,20)/t9-,10-,11+,12+/m1/s1. The minimum atomic E-state index is -1.94. The summed E-state index contributed by atoms with van der Waals surface area (Å²) in [6, 6.07) is 6.74. The first-order valence-corrected chi connectivity index (χ1v) is 6.07. The van der Waals surface area contributed by atoms with E-state index < -0.39 is 36.9 Å². The van der Waals surface area contributed by atoms with Crippen LogP contribution in [0.1, 0.15) is 5.56 Å². The molecule has 4 atom stereocenters. The first-order valence-electron chi connectivity index (χ1n) is 6.07. The summed E-state index contributed by atoms with van der Waals surface area (Å²) in [4.78, 5) is 11.7. The lowest BCUT2D eigenvalue weighted by Crippen LogP contribution is -2.50. The summed E-state index contributed by atoms with van der Waals surface area (Å²) in [7, 11) is 0. The van der Waals surface area contributed by atoms with Gasteiger partial charge in [-0.25, -0.2) is 0 Å². The molecule has 0 saturated heterocycles. The van der Waals surface area contributed by atoms with Crippen molar-refractivity contribution in [1.29, 1.82) is 0 Å². The Morgan fingerprint density at radius 3 is 2.15 bits per heavy atom. The van der Waals surface area contributed by atoms with Crippen LogP contribution in [0.5, 0.6) is 0 Å². The number of anilines is 1. The Hall–Kier alpha value is -1.51. The van der Waals surface area contributed by atoms with Gasteiger partial charge in [0.1, 0.15) is 18.3 Å². The van der Waals surface area contributed by atoms with E-state index in [9.17, 15) is 20.1 Å². The highest BCUT2D eigenvalue weighted by molar-refractivity contribution is 5.94. The summed E-state index contributed by atoms with van der Waals surface area (Å²) in [6.07, 6.45) is -7.33. The predicted molar refractivity (Wildman–Crippen MR) is 70.9 cm³/mol. The van der Waals surface area contributed by atoms with Crippen LogP contribution in [0.2, 0.25) is 0 Å². The number of aryl methyl sites for hydroxylation is 1. The maximum Gasteiger partial charge on any atom is 0.256 e. The number of benzene rings is 1. The van der Waals surface area contributed by atoms with Crippen molar-refractivity contribution in [2.24, 2.45) is 0 Å². The van der Waals surface area contributed by atoms with Crippen molar-refractivity contribution < 1.29 is 30.3 Å². The third-order valence-corrected chi connectivity index (χ3v) is 2.84. The molecular weight excluding hydrogens is 266 g/mol. The number of carbonyl (C=O) groups is 1. The average Bonchev–Trinajstić information content (AvgIpc) is 2.46. The van der Waals surface area contributed by atoms with Gasteiger partial charge in [0.15, 0.2) is 6.10 Å². The van der Waals surface area contributed by atoms with E-state index in [4.69, 9.17) is 10.2 Å². The number of hydrogen-bond acceptors (Lipinski definition) is 6. The summed E-state index contributed by atoms with van der Waals surface area (Å²) in [6.45, 7) is 1.07. The van der Waals surface area contributed by atoms with E-state index in [2.05, 4.69) is 5.32 Å². The van der Waals surface area contributed by atoms with Gasteiger partial charge in [0, 0.05) is 5.69 Å². The zero-order valence-electron chi connectivity index (χ0n) is 11.0. The molecule has 0 aliphatic heterocycles. The van der Waals surface area contributed by atoms with Gasteiger partial charge in [0.25, 0.3) is 5.91 Å². The van der Waals surface area contributed by atoms with E-state index in [0.717, 1.165) is 5.56 Å². The van der Waals surface area contributed by atoms with Crippen molar-refractivity contribution >= 4 is 11.6 Å². The molecule has 1 aromatic rings. The zero-order chi connectivity index (χ0) is 15.3. The molecule has 7 heteroatoms. The summed E-state index contributed by atoms with van der Waals surface area (Å²) < 4.78 is 0. The number of carbonyl (C=O) groups excluding carboxylic acids is 1. The molecule has 0 saturated carbocycles. The third kappa shape index (κ3) is 4.26. The molecule has 1 amide bonds. The monoisotopic (exact) mass is 285 g/mol. The number of nitrogens with one attached hydrogen (secondary N) is 1. The van der Waals surface area contributed by atoms with Gasteiger partial charge in [-0.2, -0.15) is 0 Å². The minimum Gasteiger partial charge on any atom is -0.394 e. The number of hydrogen-bond donors (Lipinski definition) is 6. The molecule has 0 aliphatic rings. The number of aliphatic hydroxyl groups excluding tert-OH is 5. The Balaban J connectivity index is 2.64. The van der Waals surface area contributed by atoms with Crippen LogP contribution in [0.25, 0.3) is 0 Å². The Morgan fingerprint density at radius 2 is 1.65 bits per heavy atom. The van der Waals surface area contributed by atoms with Crippen molar-refractivity contribution in [2.45, 2.75) is 31.3 Å². The fraction of sp³-hybridized carbons (Fsp3) is 0.462. The lowest BCUT2D eigenvalue weighted by Gasteiger charge is -2.24. The van der Waals surface area contributed by atoms with Gasteiger partial charge in [-0.1, -0.05) is 17.7 Å². The van der Waals surface area contributed by atoms with E-state index in [1.54, 1.807) is 24.3 Å². The van der Waals surface area contributed by atoms with Crippen LogP contribution in [0.3, 0.4) is 0 Å². The average molecular weight is 285 g/mol. The van der Waals surface area contributed by atoms with E-state index in [0.29, 0.717) is 5.69 Å². The van der Waals surface area contributed by atoms with Crippen LogP contribution < -0.4 is 5.32 Å². The second-order valence-corrected chi connectivity index (χ2v) is 4.53. The molecule has 7 nitrogen and oxygen atoms in total. The molecule has 0 aliphatic carbocycles. The van der Waals surface area contributed by atoms with Gasteiger partial charge in [-0.05, 0) is 19.1 Å². The van der Waals surface area contributed by atoms with Crippen LogP contribution in [0.4, 0.5) is 5.69 Å². The molecular formula is C13H19NO6. The lowest BCUT2D eigenvalue weighted by atomic mass is 10.0. The zero-order valence-corrected chi connectivity index (χ0v) is 11.0. The first kappa shape index (κ1) is 16.5. The lowest BCUT2D eigenvalue weighted by molar-refractivity contribution is -0.144. The van der Waals surface area contributed by atoms with Gasteiger partial charge in [-0.3, -0.25) is 4.79 Å². The molecule has 0 aromatic heterocycles. The highest BCUT2D eigenvalue weighted by Gasteiger charge is 2.34. The number of amides is 1. The first-order chi connectivity index (χ1) is 9.36. The second kappa shape index (κ2) is 7.32. The van der Waals surface area contributed by atoms with Crippen molar-refractivity contribution in [1.82, 2.24) is 0 Å². The van der Waals surface area contributed by atoms with Crippen molar-refractivity contribution in [3.8, 4) is 0 Å². The molecule has 6 N–H and O–H groups in total. The fourth-order valence-corrected chi connectivity index (χ4v) is 1.53. The van der Waals surface area contributed by atoms with Crippen molar-refractivity contribution in [3.63, 3.8) is 0 Å². The second-order valence-electron chi connectivity index (χ2n) is 4.53. The fourth-order valence-electron chi connectivity index (χ4n) is 1.53. The molecule has 1 rings (SSSR count). The highest BCUT2D eigenvalue weighted by atomic mass is 16.4. The van der Waals surface area contributed by atoms with Crippen molar-refractivity contribution in [3.05, 3.63) is 29.8 Å². The van der Waals surface area contributed by atoms with Gasteiger partial charge >= 0.3 is 0 Å². The van der Waals surface area contributed by atoms with Gasteiger partial charge < -0.3 is 30.8 Å². The predicted octanol–water partition coefficient (Wildman–Crippen LogP) is -1.63. The summed E-state index contributed by atoms with van der Waals surface area (Å²) in [5.74, 6) is -0.925. The smallest absolute Gasteiger partial charge is 0.256 e. The SMILES string of the molecule is Cc1ccc(NC(=O)[C@@H](O)[C@@H](O)[C@H](O)[C@H](O)CO)cc1. The van der Waals surface area contributed by atoms with Gasteiger partial charge in [-0.15, -0.1) is 0 Å². The van der Waals surface area contributed by atoms with Crippen LogP contribution in [-0.2, 0) is 4.79 Å².